The molecule has 2 bridgehead atoms. The first-order chi connectivity index (χ1) is 11.2. The highest BCUT2D eigenvalue weighted by Crippen LogP contribution is 2.33. The first-order valence-corrected chi connectivity index (χ1v) is 9.54. The summed E-state index contributed by atoms with van der Waals surface area (Å²) < 4.78 is 5.76. The van der Waals surface area contributed by atoms with Gasteiger partial charge in [-0.2, -0.15) is 0 Å². The fourth-order valence-corrected chi connectivity index (χ4v) is 4.81. The number of nitrogens with one attached hydrogen (secondary N) is 1. The number of hydrogen-bond donors (Lipinski definition) is 1. The molecule has 0 unspecified atom stereocenters. The van der Waals surface area contributed by atoms with Crippen LogP contribution in [0.3, 0.4) is 0 Å². The van der Waals surface area contributed by atoms with Gasteiger partial charge in [0, 0.05) is 12.6 Å². The molecule has 23 heavy (non-hydrogen) atoms. The first-order valence-electron chi connectivity index (χ1n) is 7.91. The third kappa shape index (κ3) is 3.27. The molecule has 0 spiro atoms. The van der Waals surface area contributed by atoms with E-state index < -0.39 is 0 Å². The minimum atomic E-state index is 0.0177. The molecule has 7 heteroatoms. The van der Waals surface area contributed by atoms with Crippen molar-refractivity contribution in [3.8, 4) is 10.1 Å². The van der Waals surface area contributed by atoms with Crippen molar-refractivity contribution in [3.63, 3.8) is 0 Å². The molecular formula is C16H19N3O2S2. The molecular weight excluding hydrogens is 330 g/mol. The lowest BCUT2D eigenvalue weighted by Crippen LogP contribution is -2.57. The van der Waals surface area contributed by atoms with Gasteiger partial charge in [-0.1, -0.05) is 22.7 Å². The number of ether oxygens (including phenoxy) is 1. The first kappa shape index (κ1) is 15.1. The third-order valence-electron chi connectivity index (χ3n) is 4.58. The molecule has 2 aromatic rings. The Labute approximate surface area is 143 Å². The summed E-state index contributed by atoms with van der Waals surface area (Å²) in [5.74, 6) is 0.656. The van der Waals surface area contributed by atoms with E-state index in [-0.39, 0.29) is 5.91 Å². The minimum absolute atomic E-state index is 0.0177. The number of piperidine rings is 3. The lowest BCUT2D eigenvalue weighted by molar-refractivity contribution is 0.0622. The standard InChI is InChI=1S/C16H19N3O2S2/c1-10-17-8-15(22-10)21-14-3-2-13(23-14)16(20)18-12-9-19-6-4-11(12)5-7-19/h2-3,8,11-12H,4-7,9H2,1H3,(H,18,20)/t12-/m0/s1. The number of nitrogens with zero attached hydrogens (tertiary/aromatic N) is 2. The van der Waals surface area contributed by atoms with E-state index in [1.165, 1.54) is 48.6 Å². The lowest BCUT2D eigenvalue weighted by atomic mass is 9.84. The van der Waals surface area contributed by atoms with Crippen LogP contribution in [0.5, 0.6) is 10.1 Å². The number of thiazole rings is 1. The highest BCUT2D eigenvalue weighted by molar-refractivity contribution is 7.16. The summed E-state index contributed by atoms with van der Waals surface area (Å²) in [4.78, 5) is 19.8. The Morgan fingerprint density at radius 2 is 2.13 bits per heavy atom. The van der Waals surface area contributed by atoms with E-state index in [9.17, 15) is 4.79 Å². The van der Waals surface area contributed by atoms with Crippen LogP contribution in [0.1, 0.15) is 27.5 Å². The topological polar surface area (TPSA) is 54.5 Å². The molecule has 0 aromatic carbocycles. The summed E-state index contributed by atoms with van der Waals surface area (Å²) in [5.41, 5.74) is 0. The van der Waals surface area contributed by atoms with Crippen LogP contribution in [0.4, 0.5) is 0 Å². The Morgan fingerprint density at radius 1 is 1.30 bits per heavy atom. The fraction of sp³-hybridized carbons (Fsp3) is 0.500. The van der Waals surface area contributed by atoms with Crippen LogP contribution in [0.15, 0.2) is 18.3 Å². The van der Waals surface area contributed by atoms with Gasteiger partial charge in [-0.15, -0.1) is 0 Å². The molecule has 5 rings (SSSR count). The normalized spacial score (nSPS) is 26.2. The van der Waals surface area contributed by atoms with Gasteiger partial charge in [-0.05, 0) is 50.9 Å². The predicted molar refractivity (Wildman–Crippen MR) is 91.7 cm³/mol. The number of rotatable bonds is 4. The van der Waals surface area contributed by atoms with Gasteiger partial charge < -0.3 is 15.0 Å². The van der Waals surface area contributed by atoms with E-state index in [0.29, 0.717) is 16.8 Å². The number of carbonyl (C=O) groups excluding carboxylic acids is 1. The number of carbonyl (C=O) groups is 1. The molecule has 5 nitrogen and oxygen atoms in total. The molecule has 1 atom stereocenters. The van der Waals surface area contributed by atoms with Crippen LogP contribution in [-0.2, 0) is 0 Å². The summed E-state index contributed by atoms with van der Waals surface area (Å²) in [6, 6.07) is 3.98. The maximum Gasteiger partial charge on any atom is 0.261 e. The molecule has 5 heterocycles. The number of amides is 1. The molecule has 0 radical (unpaired) electrons. The Morgan fingerprint density at radius 3 is 2.78 bits per heavy atom. The van der Waals surface area contributed by atoms with Crippen molar-refractivity contribution in [3.05, 3.63) is 28.2 Å². The molecule has 3 aliphatic rings. The maximum atomic E-state index is 12.5. The SMILES string of the molecule is Cc1ncc(Oc2ccc(C(=O)N[C@H]3CN4CCC3CC4)s2)s1. The van der Waals surface area contributed by atoms with E-state index in [2.05, 4.69) is 15.2 Å². The average Bonchev–Trinajstić information content (AvgIpc) is 3.18. The summed E-state index contributed by atoms with van der Waals surface area (Å²) in [6.07, 6.45) is 4.12. The molecule has 3 fully saturated rings. The number of hydrogen-bond acceptors (Lipinski definition) is 6. The Kier molecular flexibility index (Phi) is 4.09. The van der Waals surface area contributed by atoms with Gasteiger partial charge in [0.1, 0.15) is 0 Å². The zero-order valence-corrected chi connectivity index (χ0v) is 14.6. The van der Waals surface area contributed by atoms with Crippen LogP contribution in [0.2, 0.25) is 0 Å². The molecule has 2 aromatic heterocycles. The van der Waals surface area contributed by atoms with Crippen LogP contribution in [-0.4, -0.2) is 41.5 Å². The van der Waals surface area contributed by atoms with Gasteiger partial charge in [0.25, 0.3) is 5.91 Å². The van der Waals surface area contributed by atoms with Gasteiger partial charge in [0.2, 0.25) is 5.06 Å². The van der Waals surface area contributed by atoms with Crippen molar-refractivity contribution in [2.45, 2.75) is 25.8 Å². The molecule has 0 saturated carbocycles. The van der Waals surface area contributed by atoms with Crippen LogP contribution in [0.25, 0.3) is 0 Å². The van der Waals surface area contributed by atoms with Crippen molar-refractivity contribution in [2.24, 2.45) is 5.92 Å². The zero-order chi connectivity index (χ0) is 15.8. The largest absolute Gasteiger partial charge is 0.434 e. The summed E-state index contributed by atoms with van der Waals surface area (Å²) in [6.45, 7) is 5.30. The van der Waals surface area contributed by atoms with Crippen LogP contribution < -0.4 is 10.1 Å². The molecule has 3 saturated heterocycles. The number of fused-ring (bicyclic) bond motifs is 3. The molecule has 3 aliphatic heterocycles. The molecule has 1 N–H and O–H groups in total. The van der Waals surface area contributed by atoms with Gasteiger partial charge in [-0.3, -0.25) is 4.79 Å². The second kappa shape index (κ2) is 6.22. The van der Waals surface area contributed by atoms with Crippen LogP contribution in [0, 0.1) is 12.8 Å². The Balaban J connectivity index is 1.39. The van der Waals surface area contributed by atoms with Gasteiger partial charge in [-0.25, -0.2) is 4.98 Å². The average molecular weight is 349 g/mol. The molecule has 0 aliphatic carbocycles. The van der Waals surface area contributed by atoms with Crippen molar-refractivity contribution >= 4 is 28.6 Å². The molecule has 1 amide bonds. The van der Waals surface area contributed by atoms with Crippen molar-refractivity contribution in [1.82, 2.24) is 15.2 Å². The van der Waals surface area contributed by atoms with Gasteiger partial charge in [0.05, 0.1) is 16.1 Å². The van der Waals surface area contributed by atoms with Crippen molar-refractivity contribution in [2.75, 3.05) is 19.6 Å². The second-order valence-corrected chi connectivity index (χ2v) is 8.38. The van der Waals surface area contributed by atoms with Gasteiger partial charge >= 0.3 is 0 Å². The molecule has 122 valence electrons. The van der Waals surface area contributed by atoms with Gasteiger partial charge in [0.15, 0.2) is 5.06 Å². The monoisotopic (exact) mass is 349 g/mol. The lowest BCUT2D eigenvalue weighted by Gasteiger charge is -2.44. The number of aryl methyl sites for hydroxylation is 1. The summed E-state index contributed by atoms with van der Waals surface area (Å²) >= 11 is 2.89. The van der Waals surface area contributed by atoms with E-state index in [4.69, 9.17) is 4.74 Å². The quantitative estimate of drug-likeness (QED) is 0.921. The second-order valence-electron chi connectivity index (χ2n) is 6.14. The van der Waals surface area contributed by atoms with E-state index in [1.54, 1.807) is 6.20 Å². The summed E-state index contributed by atoms with van der Waals surface area (Å²) in [5, 5.41) is 5.67. The Bertz CT molecular complexity index is 704. The van der Waals surface area contributed by atoms with E-state index >= 15 is 0 Å². The van der Waals surface area contributed by atoms with E-state index in [0.717, 1.165) is 21.7 Å². The number of aromatic nitrogens is 1. The number of thiophene rings is 1. The highest BCUT2D eigenvalue weighted by atomic mass is 32.1. The van der Waals surface area contributed by atoms with Crippen molar-refractivity contribution < 1.29 is 9.53 Å². The smallest absolute Gasteiger partial charge is 0.261 e. The summed E-state index contributed by atoms with van der Waals surface area (Å²) in [7, 11) is 0. The Hall–Kier alpha value is -1.44. The fourth-order valence-electron chi connectivity index (χ4n) is 3.35. The maximum absolute atomic E-state index is 12.5. The highest BCUT2D eigenvalue weighted by Gasteiger charge is 2.35. The predicted octanol–water partition coefficient (Wildman–Crippen LogP) is 3.13. The van der Waals surface area contributed by atoms with E-state index in [1.807, 2.05) is 19.1 Å². The van der Waals surface area contributed by atoms with Crippen LogP contribution >= 0.6 is 22.7 Å². The minimum Gasteiger partial charge on any atom is -0.434 e. The zero-order valence-electron chi connectivity index (χ0n) is 12.9. The third-order valence-corrected chi connectivity index (χ3v) is 6.33. The van der Waals surface area contributed by atoms with Crippen molar-refractivity contribution in [1.29, 1.82) is 0 Å².